The summed E-state index contributed by atoms with van der Waals surface area (Å²) >= 11 is 0. The van der Waals surface area contributed by atoms with Crippen molar-refractivity contribution in [3.05, 3.63) is 30.1 Å². The van der Waals surface area contributed by atoms with Crippen LogP contribution in [-0.4, -0.2) is 29.4 Å². The van der Waals surface area contributed by atoms with Crippen LogP contribution in [0.4, 0.5) is 14.9 Å². The molecule has 0 aromatic heterocycles. The molecule has 102 valence electrons. The van der Waals surface area contributed by atoms with Crippen molar-refractivity contribution in [1.82, 2.24) is 4.90 Å². The lowest BCUT2D eigenvalue weighted by Gasteiger charge is -2.29. The maximum absolute atomic E-state index is 13.3. The van der Waals surface area contributed by atoms with Crippen molar-refractivity contribution in [3.63, 3.8) is 0 Å². The van der Waals surface area contributed by atoms with Gasteiger partial charge in [0.05, 0.1) is 5.69 Å². The summed E-state index contributed by atoms with van der Waals surface area (Å²) in [6.07, 6.45) is 0.931. The van der Waals surface area contributed by atoms with Crippen molar-refractivity contribution < 1.29 is 14.0 Å². The highest BCUT2D eigenvalue weighted by atomic mass is 19.1. The number of benzene rings is 1. The molecule has 3 amide bonds. The molecule has 19 heavy (non-hydrogen) atoms. The predicted molar refractivity (Wildman–Crippen MR) is 70.4 cm³/mol. The number of amides is 3. The van der Waals surface area contributed by atoms with Crippen LogP contribution in [0.3, 0.4) is 0 Å². The number of rotatable bonds is 2. The maximum atomic E-state index is 13.3. The zero-order chi connectivity index (χ0) is 14.0. The minimum absolute atomic E-state index is 0.00876. The molecule has 1 saturated heterocycles. The lowest BCUT2D eigenvalue weighted by molar-refractivity contribution is -0.117. The molecule has 2 rings (SSSR count). The van der Waals surface area contributed by atoms with Crippen LogP contribution in [-0.2, 0) is 4.79 Å². The molecular weight excluding hydrogens is 247 g/mol. The van der Waals surface area contributed by atoms with Crippen molar-refractivity contribution in [3.8, 4) is 0 Å². The molecule has 1 aromatic rings. The van der Waals surface area contributed by atoms with E-state index in [1.807, 2.05) is 13.8 Å². The van der Waals surface area contributed by atoms with E-state index in [4.69, 9.17) is 0 Å². The third-order valence-corrected chi connectivity index (χ3v) is 3.17. The zero-order valence-corrected chi connectivity index (χ0v) is 11.1. The number of carbonyl (C=O) groups excluding carboxylic acids is 2. The molecule has 1 aliphatic rings. The fraction of sp³-hybridized carbons (Fsp3) is 0.429. The number of anilines is 1. The highest BCUT2D eigenvalue weighted by molar-refractivity contribution is 6.14. The second kappa shape index (κ2) is 5.38. The summed E-state index contributed by atoms with van der Waals surface area (Å²) in [5.41, 5.74) is 0.294. The Hall–Kier alpha value is -1.91. The molecule has 0 radical (unpaired) electrons. The smallest absolute Gasteiger partial charge is 0.322 e. The van der Waals surface area contributed by atoms with Gasteiger partial charge in [-0.2, -0.15) is 0 Å². The Bertz CT molecular complexity index is 502. The number of nitrogens with zero attached hydrogens (tertiary/aromatic N) is 2. The van der Waals surface area contributed by atoms with Crippen molar-refractivity contribution >= 4 is 17.6 Å². The Labute approximate surface area is 111 Å². The van der Waals surface area contributed by atoms with E-state index < -0.39 is 5.82 Å². The zero-order valence-electron chi connectivity index (χ0n) is 11.1. The van der Waals surface area contributed by atoms with Gasteiger partial charge in [0.1, 0.15) is 5.82 Å². The fourth-order valence-corrected chi connectivity index (χ4v) is 2.19. The van der Waals surface area contributed by atoms with Gasteiger partial charge in [-0.3, -0.25) is 4.79 Å². The van der Waals surface area contributed by atoms with Crippen LogP contribution in [0.2, 0.25) is 0 Å². The first kappa shape index (κ1) is 13.5. The first-order valence-corrected chi connectivity index (χ1v) is 6.40. The Morgan fingerprint density at radius 2 is 2.00 bits per heavy atom. The number of hydrogen-bond acceptors (Lipinski definition) is 2. The summed E-state index contributed by atoms with van der Waals surface area (Å²) < 4.78 is 13.3. The van der Waals surface area contributed by atoms with Crippen molar-refractivity contribution in [2.75, 3.05) is 11.4 Å². The number of hydrogen-bond donors (Lipinski definition) is 0. The summed E-state index contributed by atoms with van der Waals surface area (Å²) in [4.78, 5) is 27.2. The minimum Gasteiger partial charge on any atom is -0.322 e. The lowest BCUT2D eigenvalue weighted by Crippen LogP contribution is -2.47. The van der Waals surface area contributed by atoms with E-state index in [1.54, 1.807) is 11.0 Å². The minimum atomic E-state index is -0.460. The third kappa shape index (κ3) is 2.75. The summed E-state index contributed by atoms with van der Waals surface area (Å²) in [5.74, 6) is -0.739. The molecular formula is C14H17FN2O2. The summed E-state index contributed by atoms with van der Waals surface area (Å²) in [7, 11) is 0. The van der Waals surface area contributed by atoms with Gasteiger partial charge < -0.3 is 4.90 Å². The largest absolute Gasteiger partial charge is 0.331 e. The predicted octanol–water partition coefficient (Wildman–Crippen LogP) is 2.78. The molecule has 1 fully saturated rings. The summed E-state index contributed by atoms with van der Waals surface area (Å²) in [6.45, 7) is 4.35. The summed E-state index contributed by atoms with van der Waals surface area (Å²) in [5, 5.41) is 0. The van der Waals surface area contributed by atoms with Crippen LogP contribution in [0.25, 0.3) is 0 Å². The third-order valence-electron chi connectivity index (χ3n) is 3.17. The van der Waals surface area contributed by atoms with Gasteiger partial charge in [0.25, 0.3) is 0 Å². The second-order valence-electron chi connectivity index (χ2n) is 4.88. The van der Waals surface area contributed by atoms with Crippen LogP contribution >= 0.6 is 0 Å². The van der Waals surface area contributed by atoms with Gasteiger partial charge in [0.2, 0.25) is 5.91 Å². The van der Waals surface area contributed by atoms with E-state index >= 15 is 0 Å². The van der Waals surface area contributed by atoms with Crippen LogP contribution < -0.4 is 4.90 Å². The molecule has 0 bridgehead atoms. The number of halogens is 1. The van der Waals surface area contributed by atoms with E-state index in [0.29, 0.717) is 25.1 Å². The molecule has 5 heteroatoms. The molecule has 0 unspecified atom stereocenters. The van der Waals surface area contributed by atoms with E-state index in [2.05, 4.69) is 0 Å². The average molecular weight is 264 g/mol. The molecule has 1 aromatic carbocycles. The molecule has 1 aliphatic heterocycles. The Kier molecular flexibility index (Phi) is 3.83. The monoisotopic (exact) mass is 264 g/mol. The Morgan fingerprint density at radius 3 is 2.63 bits per heavy atom. The second-order valence-corrected chi connectivity index (χ2v) is 4.88. The van der Waals surface area contributed by atoms with Crippen molar-refractivity contribution in [2.24, 2.45) is 0 Å². The maximum Gasteiger partial charge on any atom is 0.331 e. The highest BCUT2D eigenvalue weighted by Crippen LogP contribution is 2.22. The molecule has 0 atom stereocenters. The number of urea groups is 1. The summed E-state index contributed by atoms with van der Waals surface area (Å²) in [6, 6.07) is 5.20. The molecule has 0 spiro atoms. The topological polar surface area (TPSA) is 40.6 Å². The molecule has 1 heterocycles. The normalized spacial score (nSPS) is 17.1. The number of carbonyl (C=O) groups is 2. The Morgan fingerprint density at radius 1 is 1.26 bits per heavy atom. The van der Waals surface area contributed by atoms with Gasteiger partial charge in [-0.1, -0.05) is 6.07 Å². The van der Waals surface area contributed by atoms with Crippen molar-refractivity contribution in [2.45, 2.75) is 32.7 Å². The molecule has 4 nitrogen and oxygen atoms in total. The molecule has 0 saturated carbocycles. The van der Waals surface area contributed by atoms with Gasteiger partial charge in [0, 0.05) is 19.0 Å². The standard InChI is InChI=1S/C14H17FN2O2/c1-10(2)16-8-4-7-13(18)17(14(16)19)12-6-3-5-11(15)9-12/h3,5-6,9-10H,4,7-8H2,1-2H3. The first-order valence-electron chi connectivity index (χ1n) is 6.40. The molecule has 0 aliphatic carbocycles. The van der Waals surface area contributed by atoms with Gasteiger partial charge in [-0.25, -0.2) is 14.1 Å². The number of imide groups is 1. The van der Waals surface area contributed by atoms with Gasteiger partial charge in [0.15, 0.2) is 0 Å². The van der Waals surface area contributed by atoms with Crippen LogP contribution in [0.15, 0.2) is 24.3 Å². The van der Waals surface area contributed by atoms with E-state index in [0.717, 1.165) is 4.90 Å². The van der Waals surface area contributed by atoms with Gasteiger partial charge in [-0.15, -0.1) is 0 Å². The van der Waals surface area contributed by atoms with Gasteiger partial charge >= 0.3 is 6.03 Å². The Balaban J connectivity index is 2.39. The van der Waals surface area contributed by atoms with E-state index in [9.17, 15) is 14.0 Å². The van der Waals surface area contributed by atoms with Crippen LogP contribution in [0, 0.1) is 5.82 Å². The quantitative estimate of drug-likeness (QED) is 0.824. The fourth-order valence-electron chi connectivity index (χ4n) is 2.19. The van der Waals surface area contributed by atoms with E-state index in [-0.39, 0.29) is 18.0 Å². The van der Waals surface area contributed by atoms with Gasteiger partial charge in [-0.05, 0) is 38.5 Å². The SMILES string of the molecule is CC(C)N1CCCC(=O)N(c2cccc(F)c2)C1=O. The van der Waals surface area contributed by atoms with Crippen molar-refractivity contribution in [1.29, 1.82) is 0 Å². The molecule has 0 N–H and O–H groups in total. The highest BCUT2D eigenvalue weighted by Gasteiger charge is 2.32. The van der Waals surface area contributed by atoms with Crippen LogP contribution in [0.5, 0.6) is 0 Å². The lowest BCUT2D eigenvalue weighted by atomic mass is 10.2. The van der Waals surface area contributed by atoms with Crippen LogP contribution in [0.1, 0.15) is 26.7 Å². The average Bonchev–Trinajstić information content (AvgIpc) is 2.48. The van der Waals surface area contributed by atoms with E-state index in [1.165, 1.54) is 18.2 Å². The first-order chi connectivity index (χ1) is 9.00.